The van der Waals surface area contributed by atoms with Gasteiger partial charge in [0.05, 0.1) is 6.61 Å². The second kappa shape index (κ2) is 10.3. The molecule has 1 rings (SSSR count). The number of carbonyl (C=O) groups is 1. The molecule has 2 heteroatoms. The lowest BCUT2D eigenvalue weighted by molar-refractivity contribution is -0.128. The monoisotopic (exact) mass is 204 g/mol. The Kier molecular flexibility index (Phi) is 9.13. The van der Waals surface area contributed by atoms with Crippen molar-refractivity contribution in [3.8, 4) is 12.3 Å². The zero-order chi connectivity index (χ0) is 11.4. The number of carbonyl (C=O) groups excluding carboxylic acids is 1. The highest BCUT2D eigenvalue weighted by Gasteiger charge is 1.89. The molecule has 2 nitrogen and oxygen atoms in total. The van der Waals surface area contributed by atoms with E-state index in [0.29, 0.717) is 13.1 Å². The minimum Gasteiger partial charge on any atom is -0.468 e. The Morgan fingerprint density at radius 3 is 2.47 bits per heavy atom. The van der Waals surface area contributed by atoms with Gasteiger partial charge in [0.1, 0.15) is 0 Å². The highest BCUT2D eigenvalue weighted by molar-refractivity contribution is 5.36. The largest absolute Gasteiger partial charge is 0.468 e. The molecule has 0 bridgehead atoms. The number of hydrogen-bond acceptors (Lipinski definition) is 2. The van der Waals surface area contributed by atoms with Gasteiger partial charge in [-0.2, -0.15) is 0 Å². The third-order valence-corrected chi connectivity index (χ3v) is 1.62. The first kappa shape index (κ1) is 13.2. The molecule has 1 aromatic rings. The lowest BCUT2D eigenvalue weighted by atomic mass is 10.2. The van der Waals surface area contributed by atoms with Crippen molar-refractivity contribution in [3.63, 3.8) is 0 Å². The van der Waals surface area contributed by atoms with Gasteiger partial charge in [-0.1, -0.05) is 37.3 Å². The van der Waals surface area contributed by atoms with E-state index in [1.54, 1.807) is 0 Å². The molecule has 0 unspecified atom stereocenters. The van der Waals surface area contributed by atoms with Gasteiger partial charge in [0, 0.05) is 12.8 Å². The zero-order valence-electron chi connectivity index (χ0n) is 8.98. The SMILES string of the molecule is C#CCC.O=COCCc1ccccc1. The third kappa shape index (κ3) is 8.58. The van der Waals surface area contributed by atoms with Crippen LogP contribution in [0.15, 0.2) is 30.3 Å². The molecule has 0 aliphatic carbocycles. The van der Waals surface area contributed by atoms with Gasteiger partial charge in [0.15, 0.2) is 0 Å². The summed E-state index contributed by atoms with van der Waals surface area (Å²) in [6.07, 6.45) is 6.42. The van der Waals surface area contributed by atoms with E-state index >= 15 is 0 Å². The van der Waals surface area contributed by atoms with Crippen LogP contribution in [0.3, 0.4) is 0 Å². The summed E-state index contributed by atoms with van der Waals surface area (Å²) in [7, 11) is 0. The van der Waals surface area contributed by atoms with Gasteiger partial charge in [-0.05, 0) is 5.56 Å². The molecule has 0 atom stereocenters. The molecule has 0 saturated carbocycles. The fourth-order valence-electron chi connectivity index (χ4n) is 0.870. The summed E-state index contributed by atoms with van der Waals surface area (Å²) < 4.78 is 4.56. The molecule has 80 valence electrons. The van der Waals surface area contributed by atoms with Crippen LogP contribution in [-0.4, -0.2) is 13.1 Å². The molecular weight excluding hydrogens is 188 g/mol. The predicted octanol–water partition coefficient (Wildman–Crippen LogP) is 2.43. The van der Waals surface area contributed by atoms with Crippen LogP contribution >= 0.6 is 0 Å². The van der Waals surface area contributed by atoms with Crippen LogP contribution in [0, 0.1) is 12.3 Å². The number of ether oxygens (including phenoxy) is 1. The number of benzene rings is 1. The number of rotatable bonds is 4. The Labute approximate surface area is 91.3 Å². The summed E-state index contributed by atoms with van der Waals surface area (Å²) in [4.78, 5) is 9.77. The lowest BCUT2D eigenvalue weighted by Crippen LogP contribution is -1.95. The molecule has 15 heavy (non-hydrogen) atoms. The smallest absolute Gasteiger partial charge is 0.293 e. The summed E-state index contributed by atoms with van der Waals surface area (Å²) in [5.74, 6) is 2.43. The molecule has 0 amide bonds. The van der Waals surface area contributed by atoms with Crippen LogP contribution in [-0.2, 0) is 16.0 Å². The second-order valence-corrected chi connectivity index (χ2v) is 2.76. The lowest BCUT2D eigenvalue weighted by Gasteiger charge is -1.97. The topological polar surface area (TPSA) is 26.3 Å². The van der Waals surface area contributed by atoms with Gasteiger partial charge >= 0.3 is 0 Å². The highest BCUT2D eigenvalue weighted by Crippen LogP contribution is 1.98. The first-order valence-electron chi connectivity index (χ1n) is 4.87. The standard InChI is InChI=1S/C9H10O2.C4H6/c10-8-11-7-6-9-4-2-1-3-5-9;1-3-4-2/h1-5,8H,6-7H2;1H,4H2,2H3. The fourth-order valence-corrected chi connectivity index (χ4v) is 0.870. The summed E-state index contributed by atoms with van der Waals surface area (Å²) in [5.41, 5.74) is 1.19. The second-order valence-electron chi connectivity index (χ2n) is 2.76. The van der Waals surface area contributed by atoms with Crippen molar-refractivity contribution >= 4 is 6.47 Å². The van der Waals surface area contributed by atoms with Gasteiger partial charge in [0.2, 0.25) is 0 Å². The Balaban J connectivity index is 0.000000423. The van der Waals surface area contributed by atoms with Gasteiger partial charge in [0.25, 0.3) is 6.47 Å². The van der Waals surface area contributed by atoms with E-state index in [0.717, 1.165) is 12.8 Å². The normalized spacial score (nSPS) is 8.00. The van der Waals surface area contributed by atoms with Crippen molar-refractivity contribution in [2.75, 3.05) is 6.61 Å². The maximum absolute atomic E-state index is 9.77. The summed E-state index contributed by atoms with van der Waals surface area (Å²) in [6.45, 7) is 2.89. The van der Waals surface area contributed by atoms with Crippen molar-refractivity contribution in [2.45, 2.75) is 19.8 Å². The summed E-state index contributed by atoms with van der Waals surface area (Å²) in [6, 6.07) is 9.92. The molecule has 0 aromatic heterocycles. The highest BCUT2D eigenvalue weighted by atomic mass is 16.5. The summed E-state index contributed by atoms with van der Waals surface area (Å²) >= 11 is 0. The van der Waals surface area contributed by atoms with Gasteiger partial charge in [-0.15, -0.1) is 12.3 Å². The van der Waals surface area contributed by atoms with Crippen LogP contribution in [0.1, 0.15) is 18.9 Å². The molecule has 0 saturated heterocycles. The van der Waals surface area contributed by atoms with Crippen LogP contribution < -0.4 is 0 Å². The van der Waals surface area contributed by atoms with E-state index in [1.165, 1.54) is 5.56 Å². The van der Waals surface area contributed by atoms with Gasteiger partial charge < -0.3 is 4.74 Å². The average Bonchev–Trinajstić information content (AvgIpc) is 2.31. The average molecular weight is 204 g/mol. The Morgan fingerprint density at radius 2 is 2.00 bits per heavy atom. The molecular formula is C13H16O2. The molecule has 1 aromatic carbocycles. The summed E-state index contributed by atoms with van der Waals surface area (Å²) in [5, 5.41) is 0. The molecule has 0 aliphatic heterocycles. The Morgan fingerprint density at radius 1 is 1.40 bits per heavy atom. The molecule has 0 N–H and O–H groups in total. The fraction of sp³-hybridized carbons (Fsp3) is 0.308. The van der Waals surface area contributed by atoms with Gasteiger partial charge in [-0.25, -0.2) is 0 Å². The van der Waals surface area contributed by atoms with E-state index in [1.807, 2.05) is 37.3 Å². The van der Waals surface area contributed by atoms with Gasteiger partial charge in [-0.3, -0.25) is 4.79 Å². The Bertz CT molecular complexity index is 285. The van der Waals surface area contributed by atoms with Crippen LogP contribution in [0.25, 0.3) is 0 Å². The maximum Gasteiger partial charge on any atom is 0.293 e. The van der Waals surface area contributed by atoms with Crippen LogP contribution in [0.2, 0.25) is 0 Å². The van der Waals surface area contributed by atoms with Crippen molar-refractivity contribution in [3.05, 3.63) is 35.9 Å². The molecule has 0 heterocycles. The maximum atomic E-state index is 9.77. The first-order chi connectivity index (χ1) is 7.35. The molecule has 0 spiro atoms. The first-order valence-corrected chi connectivity index (χ1v) is 4.87. The van der Waals surface area contributed by atoms with Crippen LogP contribution in [0.4, 0.5) is 0 Å². The minimum atomic E-state index is 0.466. The van der Waals surface area contributed by atoms with Crippen molar-refractivity contribution in [1.82, 2.24) is 0 Å². The van der Waals surface area contributed by atoms with Crippen molar-refractivity contribution < 1.29 is 9.53 Å². The molecule has 0 fully saturated rings. The number of terminal acetylenes is 1. The van der Waals surface area contributed by atoms with Crippen molar-refractivity contribution in [1.29, 1.82) is 0 Å². The van der Waals surface area contributed by atoms with E-state index in [9.17, 15) is 4.79 Å². The minimum absolute atomic E-state index is 0.466. The Hall–Kier alpha value is -1.75. The van der Waals surface area contributed by atoms with E-state index in [-0.39, 0.29) is 0 Å². The van der Waals surface area contributed by atoms with Crippen LogP contribution in [0.5, 0.6) is 0 Å². The molecule has 0 aliphatic rings. The molecule has 0 radical (unpaired) electrons. The zero-order valence-corrected chi connectivity index (χ0v) is 8.98. The third-order valence-electron chi connectivity index (χ3n) is 1.62. The number of hydrogen-bond donors (Lipinski definition) is 0. The quantitative estimate of drug-likeness (QED) is 0.428. The van der Waals surface area contributed by atoms with E-state index in [2.05, 4.69) is 10.7 Å². The van der Waals surface area contributed by atoms with Crippen molar-refractivity contribution in [2.24, 2.45) is 0 Å². The van der Waals surface area contributed by atoms with E-state index in [4.69, 9.17) is 6.42 Å². The predicted molar refractivity (Wildman–Crippen MR) is 61.3 cm³/mol. The van der Waals surface area contributed by atoms with E-state index < -0.39 is 0 Å².